The number of ether oxygens (including phenoxy) is 3. The monoisotopic (exact) mass is 357 g/mol. The number of hydrogen-bond acceptors (Lipinski definition) is 5. The van der Waals surface area contributed by atoms with Crippen LogP contribution in [-0.4, -0.2) is 37.1 Å². The summed E-state index contributed by atoms with van der Waals surface area (Å²) in [5, 5.41) is 0. The van der Waals surface area contributed by atoms with Crippen LogP contribution in [0.25, 0.3) is 0 Å². The molecular weight excluding hydrogens is 334 g/mol. The van der Waals surface area contributed by atoms with Gasteiger partial charge in [0.25, 0.3) is 0 Å². The van der Waals surface area contributed by atoms with Gasteiger partial charge in [-0.1, -0.05) is 6.08 Å². The van der Waals surface area contributed by atoms with Crippen LogP contribution in [0.1, 0.15) is 32.1 Å². The number of carbonyl (C=O) groups is 2. The van der Waals surface area contributed by atoms with Crippen molar-refractivity contribution >= 4 is 11.8 Å². The largest absolute Gasteiger partial charge is 0.497 e. The highest BCUT2D eigenvalue weighted by atomic mass is 16.5. The molecule has 0 saturated carbocycles. The second kappa shape index (κ2) is 8.38. The van der Waals surface area contributed by atoms with Gasteiger partial charge in [-0.15, -0.1) is 6.58 Å². The van der Waals surface area contributed by atoms with E-state index in [2.05, 4.69) is 6.58 Å². The topological polar surface area (TPSA) is 66.8 Å². The molecule has 6 nitrogen and oxygen atoms in total. The van der Waals surface area contributed by atoms with Crippen molar-refractivity contribution in [2.45, 2.75) is 20.4 Å². The molecule has 2 aromatic rings. The first kappa shape index (κ1) is 19.3. The van der Waals surface area contributed by atoms with E-state index in [1.54, 1.807) is 24.3 Å². The van der Waals surface area contributed by atoms with Crippen LogP contribution in [0.5, 0.6) is 11.5 Å². The molecular formula is C20H23NO5. The van der Waals surface area contributed by atoms with Crippen molar-refractivity contribution in [3.05, 3.63) is 59.4 Å². The van der Waals surface area contributed by atoms with E-state index in [1.807, 2.05) is 24.5 Å². The van der Waals surface area contributed by atoms with Gasteiger partial charge < -0.3 is 18.8 Å². The predicted molar refractivity (Wildman–Crippen MR) is 98.3 cm³/mol. The van der Waals surface area contributed by atoms with Crippen LogP contribution in [0.2, 0.25) is 0 Å². The quantitative estimate of drug-likeness (QED) is 0.412. The fraction of sp³-hybridized carbons (Fsp3) is 0.300. The number of methoxy groups -OCH3 is 2. The van der Waals surface area contributed by atoms with E-state index in [9.17, 15) is 9.59 Å². The first-order chi connectivity index (χ1) is 12.4. The second-order valence-corrected chi connectivity index (χ2v) is 5.75. The van der Waals surface area contributed by atoms with Crippen LogP contribution in [0.4, 0.5) is 0 Å². The summed E-state index contributed by atoms with van der Waals surface area (Å²) >= 11 is 0. The van der Waals surface area contributed by atoms with Gasteiger partial charge in [-0.25, -0.2) is 4.79 Å². The van der Waals surface area contributed by atoms with E-state index in [0.29, 0.717) is 17.9 Å². The lowest BCUT2D eigenvalue weighted by Crippen LogP contribution is -2.15. The molecule has 6 heteroatoms. The summed E-state index contributed by atoms with van der Waals surface area (Å²) in [7, 11) is 2.80. The Morgan fingerprint density at radius 1 is 1.15 bits per heavy atom. The Morgan fingerprint density at radius 3 is 2.50 bits per heavy atom. The number of aromatic nitrogens is 1. The summed E-state index contributed by atoms with van der Waals surface area (Å²) in [5.41, 5.74) is 2.65. The van der Waals surface area contributed by atoms with Crippen LogP contribution >= 0.6 is 0 Å². The van der Waals surface area contributed by atoms with E-state index >= 15 is 0 Å². The first-order valence-electron chi connectivity index (χ1n) is 8.12. The van der Waals surface area contributed by atoms with Crippen LogP contribution in [0.15, 0.2) is 36.9 Å². The van der Waals surface area contributed by atoms with Crippen molar-refractivity contribution in [3.63, 3.8) is 0 Å². The van der Waals surface area contributed by atoms with Gasteiger partial charge in [-0.05, 0) is 32.0 Å². The highest BCUT2D eigenvalue weighted by molar-refractivity contribution is 5.99. The third-order valence-electron chi connectivity index (χ3n) is 4.14. The standard InChI is InChI=1S/C20H23NO5/c1-6-9-21-13(2)10-17(14(21)3)18(22)12-26-19-11-15(24-4)7-8-16(19)20(23)25-5/h6-8,10-11H,1,9,12H2,2-5H3. The molecule has 1 aromatic heterocycles. The fourth-order valence-corrected chi connectivity index (χ4v) is 2.74. The van der Waals surface area contributed by atoms with Gasteiger partial charge in [-0.3, -0.25) is 4.79 Å². The molecule has 1 aromatic carbocycles. The summed E-state index contributed by atoms with van der Waals surface area (Å²) in [5.74, 6) is 0.0417. The number of ketones is 1. The fourth-order valence-electron chi connectivity index (χ4n) is 2.74. The third kappa shape index (κ3) is 3.96. The molecule has 0 aliphatic rings. The first-order valence-corrected chi connectivity index (χ1v) is 8.12. The SMILES string of the molecule is C=CCn1c(C)cc(C(=O)COc2cc(OC)ccc2C(=O)OC)c1C. The zero-order valence-electron chi connectivity index (χ0n) is 15.5. The van der Waals surface area contributed by atoms with Gasteiger partial charge in [0.2, 0.25) is 5.78 Å². The maximum Gasteiger partial charge on any atom is 0.341 e. The van der Waals surface area contributed by atoms with Gasteiger partial charge >= 0.3 is 5.97 Å². The Morgan fingerprint density at radius 2 is 1.88 bits per heavy atom. The summed E-state index contributed by atoms with van der Waals surface area (Å²) in [4.78, 5) is 24.5. The predicted octanol–water partition coefficient (Wildman–Crippen LogP) is 3.35. The molecule has 0 aliphatic heterocycles. The summed E-state index contributed by atoms with van der Waals surface area (Å²) in [6.45, 7) is 7.99. The number of Topliss-reactive ketones (excluding diaryl/α,β-unsaturated/α-hetero) is 1. The van der Waals surface area contributed by atoms with Crippen molar-refractivity contribution in [3.8, 4) is 11.5 Å². The van der Waals surface area contributed by atoms with Crippen LogP contribution in [0.3, 0.4) is 0 Å². The van der Waals surface area contributed by atoms with Crippen molar-refractivity contribution in [2.75, 3.05) is 20.8 Å². The maximum absolute atomic E-state index is 12.6. The molecule has 138 valence electrons. The average Bonchev–Trinajstić information content (AvgIpc) is 2.93. The maximum atomic E-state index is 12.6. The molecule has 0 atom stereocenters. The number of aryl methyl sites for hydroxylation is 1. The van der Waals surface area contributed by atoms with Crippen LogP contribution in [-0.2, 0) is 11.3 Å². The second-order valence-electron chi connectivity index (χ2n) is 5.75. The van der Waals surface area contributed by atoms with Crippen LogP contribution < -0.4 is 9.47 Å². The summed E-state index contributed by atoms with van der Waals surface area (Å²) in [6.07, 6.45) is 1.78. The molecule has 0 fully saturated rings. The molecule has 0 amide bonds. The van der Waals surface area contributed by atoms with Gasteiger partial charge in [0, 0.05) is 29.6 Å². The smallest absolute Gasteiger partial charge is 0.341 e. The number of allylic oxidation sites excluding steroid dienone is 1. The van der Waals surface area contributed by atoms with Crippen molar-refractivity contribution < 1.29 is 23.8 Å². The molecule has 1 heterocycles. The number of carbonyl (C=O) groups excluding carboxylic acids is 2. The van der Waals surface area contributed by atoms with E-state index in [0.717, 1.165) is 11.4 Å². The highest BCUT2D eigenvalue weighted by Gasteiger charge is 2.19. The number of benzene rings is 1. The zero-order chi connectivity index (χ0) is 19.3. The highest BCUT2D eigenvalue weighted by Crippen LogP contribution is 2.26. The number of esters is 1. The molecule has 0 saturated heterocycles. The third-order valence-corrected chi connectivity index (χ3v) is 4.14. The molecule has 0 spiro atoms. The number of rotatable bonds is 8. The van der Waals surface area contributed by atoms with Gasteiger partial charge in [0.1, 0.15) is 17.1 Å². The summed E-state index contributed by atoms with van der Waals surface area (Å²) < 4.78 is 17.5. The zero-order valence-corrected chi connectivity index (χ0v) is 15.5. The lowest BCUT2D eigenvalue weighted by molar-refractivity contribution is 0.0594. The average molecular weight is 357 g/mol. The van der Waals surface area contributed by atoms with Crippen molar-refractivity contribution in [2.24, 2.45) is 0 Å². The minimum Gasteiger partial charge on any atom is -0.497 e. The molecule has 0 unspecified atom stereocenters. The Bertz CT molecular complexity index is 835. The molecule has 0 aliphatic carbocycles. The van der Waals surface area contributed by atoms with E-state index < -0.39 is 5.97 Å². The summed E-state index contributed by atoms with van der Waals surface area (Å²) in [6, 6.07) is 6.56. The van der Waals surface area contributed by atoms with Gasteiger partial charge in [0.05, 0.1) is 14.2 Å². The normalized spacial score (nSPS) is 10.3. The Labute approximate surface area is 153 Å². The Hall–Kier alpha value is -3.02. The van der Waals surface area contributed by atoms with Gasteiger partial charge in [-0.2, -0.15) is 0 Å². The van der Waals surface area contributed by atoms with Gasteiger partial charge in [0.15, 0.2) is 6.61 Å². The number of nitrogens with zero attached hydrogens (tertiary/aromatic N) is 1. The van der Waals surface area contributed by atoms with E-state index in [4.69, 9.17) is 14.2 Å². The minimum absolute atomic E-state index is 0.174. The van der Waals surface area contributed by atoms with E-state index in [1.165, 1.54) is 14.2 Å². The van der Waals surface area contributed by atoms with E-state index in [-0.39, 0.29) is 23.7 Å². The molecule has 2 rings (SSSR count). The number of hydrogen-bond donors (Lipinski definition) is 0. The molecule has 0 radical (unpaired) electrons. The van der Waals surface area contributed by atoms with Crippen LogP contribution in [0, 0.1) is 13.8 Å². The lowest BCUT2D eigenvalue weighted by atomic mass is 10.1. The lowest BCUT2D eigenvalue weighted by Gasteiger charge is -2.11. The molecule has 0 N–H and O–H groups in total. The van der Waals surface area contributed by atoms with Crippen molar-refractivity contribution in [1.29, 1.82) is 0 Å². The minimum atomic E-state index is -0.542. The molecule has 0 bridgehead atoms. The molecule has 26 heavy (non-hydrogen) atoms. The Kier molecular flexibility index (Phi) is 6.22. The Balaban J connectivity index is 2.23. The van der Waals surface area contributed by atoms with Crippen molar-refractivity contribution in [1.82, 2.24) is 4.57 Å².